The summed E-state index contributed by atoms with van der Waals surface area (Å²) in [6, 6.07) is 0.454. The molecule has 0 atom stereocenters. The lowest BCUT2D eigenvalue weighted by atomic mass is 10.1. The largest absolute Gasteiger partial charge is 0.372 e. The Morgan fingerprint density at radius 2 is 1.80 bits per heavy atom. The minimum atomic E-state index is 0.359. The molecule has 0 radical (unpaired) electrons. The fraction of sp³-hybridized carbons (Fsp3) is 0.750. The first-order chi connectivity index (χ1) is 9.31. The van der Waals surface area contributed by atoms with E-state index in [1.165, 1.54) is 0 Å². The van der Waals surface area contributed by atoms with Crippen molar-refractivity contribution in [2.75, 3.05) is 18.5 Å². The van der Waals surface area contributed by atoms with Gasteiger partial charge in [-0.25, -0.2) is 9.97 Å². The molecule has 0 unspecified atom stereocenters. The predicted octanol–water partition coefficient (Wildman–Crippen LogP) is 3.19. The Bertz CT molecular complexity index is 413. The smallest absolute Gasteiger partial charge is 0.131 e. The van der Waals surface area contributed by atoms with Crippen molar-refractivity contribution in [2.24, 2.45) is 5.92 Å². The number of anilines is 1. The molecule has 0 amide bonds. The highest BCUT2D eigenvalue weighted by Gasteiger charge is 2.14. The molecule has 4 heteroatoms. The number of rotatable bonds is 7. The molecule has 1 rings (SSSR count). The van der Waals surface area contributed by atoms with E-state index in [2.05, 4.69) is 63.8 Å². The highest BCUT2D eigenvalue weighted by molar-refractivity contribution is 5.48. The zero-order valence-electron chi connectivity index (χ0n) is 14.1. The molecule has 1 aromatic heterocycles. The SMILES string of the molecule is CC(C)CN(C)c1cnc(C(C)C)nc1CNC(C)C. The molecule has 0 saturated carbocycles. The summed E-state index contributed by atoms with van der Waals surface area (Å²) in [4.78, 5) is 11.5. The van der Waals surface area contributed by atoms with E-state index in [0.29, 0.717) is 17.9 Å². The van der Waals surface area contributed by atoms with E-state index in [4.69, 9.17) is 4.98 Å². The Balaban J connectivity index is 3.01. The van der Waals surface area contributed by atoms with Crippen molar-refractivity contribution in [1.29, 1.82) is 0 Å². The van der Waals surface area contributed by atoms with Crippen LogP contribution < -0.4 is 10.2 Å². The Morgan fingerprint density at radius 1 is 1.15 bits per heavy atom. The van der Waals surface area contributed by atoms with E-state index in [0.717, 1.165) is 30.3 Å². The Hall–Kier alpha value is -1.16. The molecule has 4 nitrogen and oxygen atoms in total. The summed E-state index contributed by atoms with van der Waals surface area (Å²) >= 11 is 0. The fourth-order valence-electron chi connectivity index (χ4n) is 2.10. The minimum Gasteiger partial charge on any atom is -0.372 e. The molecule has 1 N–H and O–H groups in total. The molecule has 114 valence electrons. The van der Waals surface area contributed by atoms with Gasteiger partial charge in [0.05, 0.1) is 17.6 Å². The number of hydrogen-bond acceptors (Lipinski definition) is 4. The van der Waals surface area contributed by atoms with Crippen molar-refractivity contribution in [3.05, 3.63) is 17.7 Å². The van der Waals surface area contributed by atoms with Crippen LogP contribution in [0.5, 0.6) is 0 Å². The van der Waals surface area contributed by atoms with Gasteiger partial charge in [-0.15, -0.1) is 0 Å². The average Bonchev–Trinajstić information content (AvgIpc) is 2.34. The lowest BCUT2D eigenvalue weighted by Gasteiger charge is -2.24. The second-order valence-electron chi connectivity index (χ2n) is 6.52. The molecular formula is C16H30N4. The lowest BCUT2D eigenvalue weighted by Crippen LogP contribution is -2.28. The van der Waals surface area contributed by atoms with Gasteiger partial charge in [-0.05, 0) is 5.92 Å². The van der Waals surface area contributed by atoms with Crippen LogP contribution in [0.1, 0.15) is 59.0 Å². The molecular weight excluding hydrogens is 248 g/mol. The molecule has 0 aromatic carbocycles. The van der Waals surface area contributed by atoms with Crippen LogP contribution >= 0.6 is 0 Å². The summed E-state index contributed by atoms with van der Waals surface area (Å²) in [6.45, 7) is 14.8. The second-order valence-corrected chi connectivity index (χ2v) is 6.52. The third-order valence-corrected chi connectivity index (χ3v) is 3.11. The summed E-state index contributed by atoms with van der Waals surface area (Å²) < 4.78 is 0. The quantitative estimate of drug-likeness (QED) is 0.831. The zero-order chi connectivity index (χ0) is 15.3. The van der Waals surface area contributed by atoms with Crippen LogP contribution in [0.25, 0.3) is 0 Å². The molecule has 1 aromatic rings. The maximum Gasteiger partial charge on any atom is 0.131 e. The van der Waals surface area contributed by atoms with E-state index in [-0.39, 0.29) is 0 Å². The van der Waals surface area contributed by atoms with Gasteiger partial charge < -0.3 is 10.2 Å². The van der Waals surface area contributed by atoms with E-state index < -0.39 is 0 Å². The Kier molecular flexibility index (Phi) is 6.40. The van der Waals surface area contributed by atoms with Crippen LogP contribution in [0.2, 0.25) is 0 Å². The molecule has 0 spiro atoms. The fourth-order valence-corrected chi connectivity index (χ4v) is 2.10. The molecule has 0 fully saturated rings. The molecule has 0 aliphatic carbocycles. The maximum absolute atomic E-state index is 4.76. The average molecular weight is 278 g/mol. The van der Waals surface area contributed by atoms with Crippen molar-refractivity contribution in [1.82, 2.24) is 15.3 Å². The van der Waals surface area contributed by atoms with Gasteiger partial charge in [-0.1, -0.05) is 41.5 Å². The van der Waals surface area contributed by atoms with Crippen molar-refractivity contribution < 1.29 is 0 Å². The number of aromatic nitrogens is 2. The maximum atomic E-state index is 4.76. The van der Waals surface area contributed by atoms with Gasteiger partial charge in [0.1, 0.15) is 5.82 Å². The van der Waals surface area contributed by atoms with Gasteiger partial charge in [-0.3, -0.25) is 0 Å². The van der Waals surface area contributed by atoms with Gasteiger partial charge in [0, 0.05) is 32.1 Å². The van der Waals surface area contributed by atoms with Crippen molar-refractivity contribution >= 4 is 5.69 Å². The highest BCUT2D eigenvalue weighted by atomic mass is 15.1. The number of nitrogens with one attached hydrogen (secondary N) is 1. The van der Waals surface area contributed by atoms with Crippen LogP contribution in [0.4, 0.5) is 5.69 Å². The van der Waals surface area contributed by atoms with Gasteiger partial charge in [0.2, 0.25) is 0 Å². The first-order valence-electron chi connectivity index (χ1n) is 7.61. The first-order valence-corrected chi connectivity index (χ1v) is 7.61. The van der Waals surface area contributed by atoms with Gasteiger partial charge in [0.25, 0.3) is 0 Å². The molecule has 20 heavy (non-hydrogen) atoms. The Morgan fingerprint density at radius 3 is 2.30 bits per heavy atom. The van der Waals surface area contributed by atoms with Crippen LogP contribution in [0, 0.1) is 5.92 Å². The van der Waals surface area contributed by atoms with E-state index in [1.807, 2.05) is 6.20 Å². The van der Waals surface area contributed by atoms with Crippen molar-refractivity contribution in [2.45, 2.75) is 60.0 Å². The number of nitrogens with zero attached hydrogens (tertiary/aromatic N) is 3. The minimum absolute atomic E-state index is 0.359. The monoisotopic (exact) mass is 278 g/mol. The molecule has 0 saturated heterocycles. The summed E-state index contributed by atoms with van der Waals surface area (Å²) in [6.07, 6.45) is 1.97. The van der Waals surface area contributed by atoms with Crippen molar-refractivity contribution in [3.63, 3.8) is 0 Å². The summed E-state index contributed by atoms with van der Waals surface area (Å²) in [5.41, 5.74) is 2.23. The van der Waals surface area contributed by atoms with Crippen LogP contribution in [-0.2, 0) is 6.54 Å². The topological polar surface area (TPSA) is 41.1 Å². The lowest BCUT2D eigenvalue weighted by molar-refractivity contribution is 0.573. The second kappa shape index (κ2) is 7.58. The normalized spacial score (nSPS) is 11.7. The van der Waals surface area contributed by atoms with E-state index in [1.54, 1.807) is 0 Å². The van der Waals surface area contributed by atoms with Gasteiger partial charge in [-0.2, -0.15) is 0 Å². The predicted molar refractivity (Wildman–Crippen MR) is 86.2 cm³/mol. The third-order valence-electron chi connectivity index (χ3n) is 3.11. The van der Waals surface area contributed by atoms with E-state index in [9.17, 15) is 0 Å². The summed E-state index contributed by atoms with van der Waals surface area (Å²) in [5.74, 6) is 1.90. The zero-order valence-corrected chi connectivity index (χ0v) is 14.1. The highest BCUT2D eigenvalue weighted by Crippen LogP contribution is 2.20. The van der Waals surface area contributed by atoms with Crippen LogP contribution in [0.3, 0.4) is 0 Å². The molecule has 0 aliphatic heterocycles. The third kappa shape index (κ3) is 5.08. The van der Waals surface area contributed by atoms with Gasteiger partial charge in [0.15, 0.2) is 0 Å². The molecule has 0 bridgehead atoms. The van der Waals surface area contributed by atoms with Crippen LogP contribution in [0.15, 0.2) is 6.20 Å². The standard InChI is InChI=1S/C16H30N4/c1-11(2)10-20(7)15-9-18-16(12(3)4)19-14(15)8-17-13(5)6/h9,11-13,17H,8,10H2,1-7H3. The van der Waals surface area contributed by atoms with Gasteiger partial charge >= 0.3 is 0 Å². The molecule has 1 heterocycles. The summed E-state index contributed by atoms with van der Waals surface area (Å²) in [7, 11) is 2.12. The molecule has 0 aliphatic rings. The number of hydrogen-bond donors (Lipinski definition) is 1. The first kappa shape index (κ1) is 16.9. The van der Waals surface area contributed by atoms with E-state index >= 15 is 0 Å². The summed E-state index contributed by atoms with van der Waals surface area (Å²) in [5, 5.41) is 3.46. The van der Waals surface area contributed by atoms with Crippen LogP contribution in [-0.4, -0.2) is 29.6 Å². The van der Waals surface area contributed by atoms with Crippen molar-refractivity contribution in [3.8, 4) is 0 Å². The Labute approximate surface area is 124 Å².